The Balaban J connectivity index is 1.82. The van der Waals surface area contributed by atoms with Crippen LogP contribution in [0.15, 0.2) is 35.1 Å². The third-order valence-electron chi connectivity index (χ3n) is 3.19. The Labute approximate surface area is 102 Å². The zero-order valence-electron chi connectivity index (χ0n) is 10.2. The normalized spacial score (nSPS) is 16.7. The number of anilines is 1. The fraction of sp³-hybridized carbons (Fsp3) is 0.500. The number of hydrogen-bond acceptors (Lipinski definition) is 3. The molecule has 3 heteroatoms. The lowest BCUT2D eigenvalue weighted by atomic mass is 10.1. The van der Waals surface area contributed by atoms with E-state index >= 15 is 0 Å². The van der Waals surface area contributed by atoms with E-state index in [1.165, 1.54) is 32.4 Å². The molecule has 3 nitrogen and oxygen atoms in total. The second-order valence-electron chi connectivity index (χ2n) is 4.52. The standard InChI is InChI=1S/C14H20N2O/c17-14-8-4-1-3-7-13(14)15-9-12-16-10-5-2-6-11-16/h1,3-4,7-8H,2,5-6,9-12H2,(H,15,17). The average Bonchev–Trinajstić information content (AvgIpc) is 2.56. The van der Waals surface area contributed by atoms with Gasteiger partial charge in [-0.2, -0.15) is 0 Å². The van der Waals surface area contributed by atoms with E-state index in [4.69, 9.17) is 0 Å². The van der Waals surface area contributed by atoms with Crippen molar-refractivity contribution in [2.75, 3.05) is 31.5 Å². The molecule has 1 aromatic rings. The van der Waals surface area contributed by atoms with Crippen LogP contribution in [0.5, 0.6) is 0 Å². The van der Waals surface area contributed by atoms with Gasteiger partial charge in [0.15, 0.2) is 0 Å². The van der Waals surface area contributed by atoms with Gasteiger partial charge < -0.3 is 10.2 Å². The maximum atomic E-state index is 11.6. The van der Waals surface area contributed by atoms with Crippen molar-refractivity contribution in [2.45, 2.75) is 19.3 Å². The van der Waals surface area contributed by atoms with E-state index in [0.717, 1.165) is 13.1 Å². The van der Waals surface area contributed by atoms with Gasteiger partial charge in [0.1, 0.15) is 0 Å². The molecule has 0 bridgehead atoms. The molecule has 0 radical (unpaired) electrons. The highest BCUT2D eigenvalue weighted by Gasteiger charge is 2.08. The average molecular weight is 232 g/mol. The van der Waals surface area contributed by atoms with E-state index in [0.29, 0.717) is 5.69 Å². The van der Waals surface area contributed by atoms with Crippen LogP contribution in [0.1, 0.15) is 19.3 Å². The fourth-order valence-electron chi connectivity index (χ4n) is 2.21. The van der Waals surface area contributed by atoms with Gasteiger partial charge in [0.05, 0.1) is 5.69 Å². The van der Waals surface area contributed by atoms with Crippen molar-refractivity contribution in [1.29, 1.82) is 0 Å². The molecule has 1 N–H and O–H groups in total. The van der Waals surface area contributed by atoms with Crippen LogP contribution in [-0.4, -0.2) is 31.1 Å². The molecule has 2 rings (SSSR count). The minimum Gasteiger partial charge on any atom is -0.381 e. The van der Waals surface area contributed by atoms with Crippen molar-refractivity contribution >= 4 is 5.69 Å². The Hall–Kier alpha value is -1.35. The summed E-state index contributed by atoms with van der Waals surface area (Å²) >= 11 is 0. The molecule has 1 fully saturated rings. The van der Waals surface area contributed by atoms with Gasteiger partial charge in [-0.15, -0.1) is 0 Å². The molecule has 0 atom stereocenters. The van der Waals surface area contributed by atoms with E-state index in [2.05, 4.69) is 10.2 Å². The van der Waals surface area contributed by atoms with Gasteiger partial charge in [-0.3, -0.25) is 4.79 Å². The first-order valence-electron chi connectivity index (χ1n) is 6.42. The maximum Gasteiger partial charge on any atom is 0.201 e. The highest BCUT2D eigenvalue weighted by Crippen LogP contribution is 2.07. The lowest BCUT2D eigenvalue weighted by Gasteiger charge is -2.26. The van der Waals surface area contributed by atoms with Gasteiger partial charge in [0, 0.05) is 13.1 Å². The highest BCUT2D eigenvalue weighted by molar-refractivity contribution is 5.41. The highest BCUT2D eigenvalue weighted by atomic mass is 16.1. The number of likely N-dealkylation sites (tertiary alicyclic amines) is 1. The summed E-state index contributed by atoms with van der Waals surface area (Å²) in [4.78, 5) is 14.1. The molecule has 1 heterocycles. The molecule has 0 aromatic heterocycles. The first-order valence-corrected chi connectivity index (χ1v) is 6.42. The molecule has 1 aliphatic heterocycles. The van der Waals surface area contributed by atoms with Gasteiger partial charge >= 0.3 is 0 Å². The first-order chi connectivity index (χ1) is 8.36. The number of rotatable bonds is 4. The fourth-order valence-corrected chi connectivity index (χ4v) is 2.21. The number of piperidine rings is 1. The molecule has 0 saturated carbocycles. The molecular weight excluding hydrogens is 212 g/mol. The Bertz CT molecular complexity index is 400. The third-order valence-corrected chi connectivity index (χ3v) is 3.19. The summed E-state index contributed by atoms with van der Waals surface area (Å²) in [6.07, 6.45) is 3.99. The second kappa shape index (κ2) is 6.40. The minimum absolute atomic E-state index is 0.0636. The zero-order valence-corrected chi connectivity index (χ0v) is 10.2. The molecule has 1 saturated heterocycles. The van der Waals surface area contributed by atoms with Crippen LogP contribution < -0.4 is 10.7 Å². The maximum absolute atomic E-state index is 11.6. The number of nitrogens with one attached hydrogen (secondary N) is 1. The van der Waals surface area contributed by atoms with Crippen molar-refractivity contribution in [2.24, 2.45) is 0 Å². The predicted molar refractivity (Wildman–Crippen MR) is 71.5 cm³/mol. The molecule has 0 spiro atoms. The Morgan fingerprint density at radius 3 is 2.65 bits per heavy atom. The van der Waals surface area contributed by atoms with Crippen LogP contribution >= 0.6 is 0 Å². The molecule has 1 aromatic carbocycles. The molecule has 1 aliphatic rings. The van der Waals surface area contributed by atoms with Crippen LogP contribution in [0.2, 0.25) is 0 Å². The summed E-state index contributed by atoms with van der Waals surface area (Å²) in [5, 5.41) is 3.23. The Morgan fingerprint density at radius 1 is 1.06 bits per heavy atom. The van der Waals surface area contributed by atoms with Crippen molar-refractivity contribution in [3.05, 3.63) is 40.6 Å². The molecule has 0 aliphatic carbocycles. The quantitative estimate of drug-likeness (QED) is 0.861. The summed E-state index contributed by atoms with van der Waals surface area (Å²) in [6.45, 7) is 4.28. The van der Waals surface area contributed by atoms with Gasteiger partial charge in [0.25, 0.3) is 0 Å². The van der Waals surface area contributed by atoms with Crippen molar-refractivity contribution in [3.63, 3.8) is 0 Å². The van der Waals surface area contributed by atoms with E-state index < -0.39 is 0 Å². The summed E-state index contributed by atoms with van der Waals surface area (Å²) in [7, 11) is 0. The van der Waals surface area contributed by atoms with Crippen LogP contribution in [0.25, 0.3) is 0 Å². The van der Waals surface area contributed by atoms with Crippen LogP contribution in [0.4, 0.5) is 5.69 Å². The lowest BCUT2D eigenvalue weighted by Crippen LogP contribution is -2.34. The van der Waals surface area contributed by atoms with Gasteiger partial charge in [-0.25, -0.2) is 0 Å². The third kappa shape index (κ3) is 3.86. The van der Waals surface area contributed by atoms with Crippen molar-refractivity contribution < 1.29 is 0 Å². The summed E-state index contributed by atoms with van der Waals surface area (Å²) in [5.41, 5.74) is 0.764. The smallest absolute Gasteiger partial charge is 0.201 e. The van der Waals surface area contributed by atoms with Crippen LogP contribution in [0, 0.1) is 0 Å². The van der Waals surface area contributed by atoms with Crippen LogP contribution in [0.3, 0.4) is 0 Å². The monoisotopic (exact) mass is 232 g/mol. The van der Waals surface area contributed by atoms with Gasteiger partial charge in [-0.05, 0) is 38.1 Å². The van der Waals surface area contributed by atoms with Crippen LogP contribution in [-0.2, 0) is 0 Å². The molecular formula is C14H20N2O. The molecule has 0 unspecified atom stereocenters. The minimum atomic E-state index is 0.0636. The summed E-state index contributed by atoms with van der Waals surface area (Å²) < 4.78 is 0. The molecule has 17 heavy (non-hydrogen) atoms. The van der Waals surface area contributed by atoms with Crippen molar-refractivity contribution in [1.82, 2.24) is 4.90 Å². The lowest BCUT2D eigenvalue weighted by molar-refractivity contribution is 0.237. The Morgan fingerprint density at radius 2 is 1.82 bits per heavy atom. The largest absolute Gasteiger partial charge is 0.381 e. The second-order valence-corrected chi connectivity index (χ2v) is 4.52. The summed E-state index contributed by atoms with van der Waals surface area (Å²) in [5.74, 6) is 0. The zero-order chi connectivity index (χ0) is 11.9. The first kappa shape index (κ1) is 12.1. The summed E-state index contributed by atoms with van der Waals surface area (Å²) in [6, 6.07) is 8.99. The van der Waals surface area contributed by atoms with Crippen molar-refractivity contribution in [3.8, 4) is 0 Å². The Kier molecular flexibility index (Phi) is 4.56. The molecule has 92 valence electrons. The van der Waals surface area contributed by atoms with E-state index in [1.807, 2.05) is 18.2 Å². The topological polar surface area (TPSA) is 32.3 Å². The van der Waals surface area contributed by atoms with E-state index in [9.17, 15) is 4.79 Å². The molecule has 0 amide bonds. The van der Waals surface area contributed by atoms with Gasteiger partial charge in [0.2, 0.25) is 5.43 Å². The van der Waals surface area contributed by atoms with E-state index in [-0.39, 0.29) is 5.43 Å². The SMILES string of the molecule is O=c1cccccc1NCCN1CCCCC1. The van der Waals surface area contributed by atoms with Gasteiger partial charge in [-0.1, -0.05) is 24.6 Å². The number of nitrogens with zero attached hydrogens (tertiary/aromatic N) is 1. The predicted octanol–water partition coefficient (Wildman–Crippen LogP) is 1.94. The number of hydrogen-bond donors (Lipinski definition) is 1. The van der Waals surface area contributed by atoms with E-state index in [1.54, 1.807) is 12.1 Å².